The van der Waals surface area contributed by atoms with Gasteiger partial charge in [-0.1, -0.05) is 30.3 Å². The molecule has 1 aliphatic carbocycles. The maximum Gasteiger partial charge on any atom is 0.259 e. The van der Waals surface area contributed by atoms with Crippen LogP contribution in [-0.4, -0.2) is 12.2 Å². The number of hydrogen-bond acceptors (Lipinski definition) is 4. The van der Waals surface area contributed by atoms with E-state index in [1.165, 1.54) is 30.7 Å². The molecule has 2 nitrogen and oxygen atoms in total. The summed E-state index contributed by atoms with van der Waals surface area (Å²) >= 11 is 5.08. The van der Waals surface area contributed by atoms with E-state index in [1.807, 2.05) is 17.4 Å². The lowest BCUT2D eigenvalue weighted by Gasteiger charge is -2.14. The van der Waals surface area contributed by atoms with Crippen molar-refractivity contribution in [3.8, 4) is 20.9 Å². The summed E-state index contributed by atoms with van der Waals surface area (Å²) in [7, 11) is 0. The van der Waals surface area contributed by atoms with E-state index in [0.717, 1.165) is 23.3 Å². The minimum atomic E-state index is -0.296. The Kier molecular flexibility index (Phi) is 3.79. The van der Waals surface area contributed by atoms with Crippen molar-refractivity contribution in [2.45, 2.75) is 17.1 Å². The van der Waals surface area contributed by atoms with Crippen LogP contribution >= 0.6 is 34.4 Å². The van der Waals surface area contributed by atoms with Crippen LogP contribution < -0.4 is 5.73 Å². The number of nitrogens with two attached hydrogens (primary N) is 1. The molecule has 23 heavy (non-hydrogen) atoms. The second-order valence-corrected chi connectivity index (χ2v) is 8.62. The van der Waals surface area contributed by atoms with Gasteiger partial charge in [-0.2, -0.15) is 0 Å². The molecule has 2 heterocycles. The molecule has 116 valence electrons. The molecule has 1 amide bonds. The van der Waals surface area contributed by atoms with Crippen molar-refractivity contribution in [1.29, 1.82) is 0 Å². The largest absolute Gasteiger partial charge is 0.365 e. The first-order valence-corrected chi connectivity index (χ1v) is 10.2. The molecule has 0 unspecified atom stereocenters. The minimum Gasteiger partial charge on any atom is -0.365 e. The number of rotatable bonds is 3. The topological polar surface area (TPSA) is 43.1 Å². The Morgan fingerprint density at radius 2 is 1.96 bits per heavy atom. The normalized spacial score (nSPS) is 12.7. The van der Waals surface area contributed by atoms with Crippen molar-refractivity contribution in [1.82, 2.24) is 0 Å². The van der Waals surface area contributed by atoms with Crippen LogP contribution in [0.3, 0.4) is 0 Å². The lowest BCUT2D eigenvalue weighted by Crippen LogP contribution is -2.12. The molecule has 5 heteroatoms. The van der Waals surface area contributed by atoms with Gasteiger partial charge in [-0.05, 0) is 41.9 Å². The Labute approximate surface area is 147 Å². The molecule has 2 N–H and O–H groups in total. The van der Waals surface area contributed by atoms with Gasteiger partial charge in [-0.3, -0.25) is 4.79 Å². The maximum atomic E-state index is 11.8. The van der Waals surface area contributed by atoms with Crippen LogP contribution in [0.15, 0.2) is 40.6 Å². The molecule has 0 saturated carbocycles. The van der Waals surface area contributed by atoms with Crippen molar-refractivity contribution in [2.75, 3.05) is 6.26 Å². The molecular formula is C18H15NOS3. The summed E-state index contributed by atoms with van der Waals surface area (Å²) in [4.78, 5) is 15.1. The summed E-state index contributed by atoms with van der Waals surface area (Å²) in [5.74, 6) is -0.296. The van der Waals surface area contributed by atoms with Crippen molar-refractivity contribution >= 4 is 40.3 Å². The standard InChI is InChI=1S/C18H15NOS3/c1-21-18-14-12(16(23-18)17(19)20)8-7-11-9-13(22-15(11)14)10-5-3-2-4-6-10/h2-6,9H,7-8H2,1H3,(H2,19,20). The van der Waals surface area contributed by atoms with Gasteiger partial charge < -0.3 is 5.73 Å². The fraction of sp³-hybridized carbons (Fsp3) is 0.167. The molecule has 0 aliphatic heterocycles. The third-order valence-electron chi connectivity index (χ3n) is 4.12. The molecule has 0 bridgehead atoms. The summed E-state index contributed by atoms with van der Waals surface area (Å²) in [6.45, 7) is 0. The van der Waals surface area contributed by atoms with Gasteiger partial charge in [-0.25, -0.2) is 0 Å². The quantitative estimate of drug-likeness (QED) is 0.666. The van der Waals surface area contributed by atoms with Crippen LogP contribution in [0.2, 0.25) is 0 Å². The maximum absolute atomic E-state index is 11.8. The first-order chi connectivity index (χ1) is 11.2. The van der Waals surface area contributed by atoms with E-state index in [9.17, 15) is 4.79 Å². The fourth-order valence-electron chi connectivity index (χ4n) is 3.08. The number of carbonyl (C=O) groups excluding carboxylic acids is 1. The van der Waals surface area contributed by atoms with Crippen molar-refractivity contribution < 1.29 is 4.79 Å². The molecule has 0 atom stereocenters. The predicted octanol–water partition coefficient (Wildman–Crippen LogP) is 5.06. The zero-order valence-corrected chi connectivity index (χ0v) is 15.0. The number of primary amides is 1. The second kappa shape index (κ2) is 5.82. The van der Waals surface area contributed by atoms with Gasteiger partial charge in [0, 0.05) is 15.3 Å². The van der Waals surface area contributed by atoms with E-state index in [1.54, 1.807) is 23.1 Å². The van der Waals surface area contributed by atoms with Crippen LogP contribution in [-0.2, 0) is 12.8 Å². The van der Waals surface area contributed by atoms with Crippen LogP contribution in [0, 0.1) is 0 Å². The van der Waals surface area contributed by atoms with Gasteiger partial charge in [0.2, 0.25) is 0 Å². The highest BCUT2D eigenvalue weighted by Gasteiger charge is 2.28. The van der Waals surface area contributed by atoms with Crippen LogP contribution in [0.1, 0.15) is 20.8 Å². The number of thioether (sulfide) groups is 1. The third-order valence-corrected chi connectivity index (χ3v) is 7.73. The number of thiophene rings is 2. The fourth-order valence-corrected chi connectivity index (χ4v) is 6.46. The summed E-state index contributed by atoms with van der Waals surface area (Å²) < 4.78 is 1.20. The Morgan fingerprint density at radius 3 is 2.65 bits per heavy atom. The third kappa shape index (κ3) is 2.43. The van der Waals surface area contributed by atoms with E-state index in [-0.39, 0.29) is 5.91 Å². The zero-order chi connectivity index (χ0) is 16.0. The molecule has 4 rings (SSSR count). The van der Waals surface area contributed by atoms with Gasteiger partial charge >= 0.3 is 0 Å². The van der Waals surface area contributed by atoms with Gasteiger partial charge in [-0.15, -0.1) is 34.4 Å². The molecule has 3 aromatic rings. The van der Waals surface area contributed by atoms with Crippen molar-refractivity contribution in [3.63, 3.8) is 0 Å². The van der Waals surface area contributed by atoms with Gasteiger partial charge in [0.25, 0.3) is 5.91 Å². The average molecular weight is 358 g/mol. The van der Waals surface area contributed by atoms with E-state index in [0.29, 0.717) is 0 Å². The lowest BCUT2D eigenvalue weighted by molar-refractivity contribution is 0.100. The molecule has 2 aromatic heterocycles. The van der Waals surface area contributed by atoms with Crippen LogP contribution in [0.25, 0.3) is 20.9 Å². The molecule has 0 spiro atoms. The highest BCUT2D eigenvalue weighted by atomic mass is 32.2. The van der Waals surface area contributed by atoms with Crippen LogP contribution in [0.5, 0.6) is 0 Å². The van der Waals surface area contributed by atoms with E-state index in [4.69, 9.17) is 5.73 Å². The predicted molar refractivity (Wildman–Crippen MR) is 101 cm³/mol. The van der Waals surface area contributed by atoms with Gasteiger partial charge in [0.1, 0.15) is 0 Å². The first kappa shape index (κ1) is 15.0. The molecular weight excluding hydrogens is 342 g/mol. The van der Waals surface area contributed by atoms with E-state index >= 15 is 0 Å². The van der Waals surface area contributed by atoms with Gasteiger partial charge in [0.05, 0.1) is 9.09 Å². The Morgan fingerprint density at radius 1 is 1.17 bits per heavy atom. The minimum absolute atomic E-state index is 0.296. The summed E-state index contributed by atoms with van der Waals surface area (Å²) in [5, 5.41) is 0. The average Bonchev–Trinajstić information content (AvgIpc) is 3.16. The number of fused-ring (bicyclic) bond motifs is 3. The molecule has 0 fully saturated rings. The summed E-state index contributed by atoms with van der Waals surface area (Å²) in [6, 6.07) is 12.8. The number of benzene rings is 1. The van der Waals surface area contributed by atoms with E-state index in [2.05, 4.69) is 36.6 Å². The summed E-state index contributed by atoms with van der Waals surface area (Å²) in [5.41, 5.74) is 10.6. The lowest BCUT2D eigenvalue weighted by atomic mass is 9.93. The smallest absolute Gasteiger partial charge is 0.259 e. The number of carbonyl (C=O) groups is 1. The van der Waals surface area contributed by atoms with Gasteiger partial charge in [0.15, 0.2) is 0 Å². The highest BCUT2D eigenvalue weighted by Crippen LogP contribution is 2.50. The first-order valence-electron chi connectivity index (χ1n) is 7.37. The van der Waals surface area contributed by atoms with Crippen LogP contribution in [0.4, 0.5) is 0 Å². The van der Waals surface area contributed by atoms with E-state index < -0.39 is 0 Å². The monoisotopic (exact) mass is 357 g/mol. The Balaban J connectivity index is 1.90. The van der Waals surface area contributed by atoms with Crippen molar-refractivity contribution in [3.05, 3.63) is 52.4 Å². The zero-order valence-electron chi connectivity index (χ0n) is 12.6. The second-order valence-electron chi connectivity index (χ2n) is 5.47. The number of amides is 1. The molecule has 0 radical (unpaired) electrons. The molecule has 0 saturated heterocycles. The molecule has 1 aliphatic rings. The summed E-state index contributed by atoms with van der Waals surface area (Å²) in [6.07, 6.45) is 3.95. The Hall–Kier alpha value is -1.56. The number of hydrogen-bond donors (Lipinski definition) is 1. The SMILES string of the molecule is CSc1sc(C(N)=O)c2c1-c1sc(-c3ccccc3)cc1CC2. The Bertz CT molecular complexity index is 893. The molecule has 1 aromatic carbocycles. The van der Waals surface area contributed by atoms with Crippen molar-refractivity contribution in [2.24, 2.45) is 5.73 Å². The highest BCUT2D eigenvalue weighted by molar-refractivity contribution is 8.00. The number of aryl methyl sites for hydroxylation is 1.